The Balaban J connectivity index is 2.07. The van der Waals surface area contributed by atoms with Crippen LogP contribution in [0.2, 0.25) is 5.02 Å². The molecule has 0 fully saturated rings. The highest BCUT2D eigenvalue weighted by Crippen LogP contribution is 2.19. The van der Waals surface area contributed by atoms with Crippen LogP contribution in [0.4, 0.5) is 5.69 Å². The first kappa shape index (κ1) is 14.9. The topological polar surface area (TPSA) is 123 Å². The molecule has 2 rings (SSSR count). The molecule has 0 aliphatic carbocycles. The second-order valence-electron chi connectivity index (χ2n) is 4.19. The third-order valence-electron chi connectivity index (χ3n) is 2.53. The van der Waals surface area contributed by atoms with Gasteiger partial charge in [0.1, 0.15) is 6.54 Å². The molecule has 1 aromatic carbocycles. The van der Waals surface area contributed by atoms with Gasteiger partial charge in [0.2, 0.25) is 5.91 Å². The lowest BCUT2D eigenvalue weighted by molar-refractivity contribution is -0.116. The van der Waals surface area contributed by atoms with Crippen LogP contribution in [0.3, 0.4) is 0 Å². The lowest BCUT2D eigenvalue weighted by atomic mass is 10.2. The molecule has 1 amide bonds. The number of carboxylic acid groups (broad SMARTS) is 1. The van der Waals surface area contributed by atoms with Crippen LogP contribution in [-0.4, -0.2) is 32.0 Å². The van der Waals surface area contributed by atoms with Crippen LogP contribution in [-0.2, 0) is 17.9 Å². The number of hydrogen-bond acceptors (Lipinski definition) is 5. The number of amides is 1. The summed E-state index contributed by atoms with van der Waals surface area (Å²) in [6.07, 6.45) is 1.56. The third-order valence-corrected chi connectivity index (χ3v) is 2.75. The highest BCUT2D eigenvalue weighted by molar-refractivity contribution is 6.31. The van der Waals surface area contributed by atoms with Gasteiger partial charge in [0.15, 0.2) is 0 Å². The molecule has 0 unspecified atom stereocenters. The minimum absolute atomic E-state index is 0.0102. The van der Waals surface area contributed by atoms with Crippen molar-refractivity contribution in [3.63, 3.8) is 0 Å². The number of nitrogens with two attached hydrogens (primary N) is 1. The van der Waals surface area contributed by atoms with E-state index >= 15 is 0 Å². The Labute approximate surface area is 124 Å². The Bertz CT molecular complexity index is 685. The van der Waals surface area contributed by atoms with Gasteiger partial charge in [0, 0.05) is 17.3 Å². The number of aromatic carboxylic acids is 1. The number of nitrogens with zero attached hydrogens (tertiary/aromatic N) is 3. The zero-order chi connectivity index (χ0) is 15.4. The Morgan fingerprint density at radius 3 is 2.76 bits per heavy atom. The van der Waals surface area contributed by atoms with Gasteiger partial charge in [-0.25, -0.2) is 9.48 Å². The first-order chi connectivity index (χ1) is 9.97. The Hall–Kier alpha value is -2.45. The van der Waals surface area contributed by atoms with Crippen molar-refractivity contribution in [1.29, 1.82) is 0 Å². The number of carbonyl (C=O) groups excluding carboxylic acids is 1. The molecule has 21 heavy (non-hydrogen) atoms. The Morgan fingerprint density at radius 1 is 1.38 bits per heavy atom. The molecule has 0 bridgehead atoms. The molecule has 4 N–H and O–H groups in total. The Kier molecular flexibility index (Phi) is 4.51. The molecule has 0 atom stereocenters. The van der Waals surface area contributed by atoms with E-state index in [0.29, 0.717) is 11.4 Å². The van der Waals surface area contributed by atoms with E-state index in [9.17, 15) is 9.59 Å². The fourth-order valence-electron chi connectivity index (χ4n) is 1.64. The standard InChI is InChI=1S/C12H12ClN5O3/c13-8-1-7(12(20)21)2-9(3-8)15-11(19)6-18-5-10(4-14)16-17-18/h1-3,5H,4,6,14H2,(H,15,19)(H,20,21). The van der Waals surface area contributed by atoms with E-state index in [1.807, 2.05) is 0 Å². The maximum Gasteiger partial charge on any atom is 0.335 e. The van der Waals surface area contributed by atoms with Crippen molar-refractivity contribution < 1.29 is 14.7 Å². The van der Waals surface area contributed by atoms with E-state index in [0.717, 1.165) is 0 Å². The van der Waals surface area contributed by atoms with E-state index in [1.54, 1.807) is 6.20 Å². The molecule has 1 heterocycles. The number of aromatic nitrogens is 3. The van der Waals surface area contributed by atoms with Crippen LogP contribution >= 0.6 is 11.6 Å². The fourth-order valence-corrected chi connectivity index (χ4v) is 1.88. The predicted octanol–water partition coefficient (Wildman–Crippen LogP) is 0.727. The highest BCUT2D eigenvalue weighted by Gasteiger charge is 2.10. The van der Waals surface area contributed by atoms with Crippen LogP contribution in [0.5, 0.6) is 0 Å². The molecule has 0 aliphatic heterocycles. The van der Waals surface area contributed by atoms with Gasteiger partial charge in [0.25, 0.3) is 0 Å². The monoisotopic (exact) mass is 309 g/mol. The fraction of sp³-hybridized carbons (Fsp3) is 0.167. The number of halogens is 1. The van der Waals surface area contributed by atoms with Crippen molar-refractivity contribution in [2.75, 3.05) is 5.32 Å². The van der Waals surface area contributed by atoms with Crippen LogP contribution in [0, 0.1) is 0 Å². The van der Waals surface area contributed by atoms with Gasteiger partial charge < -0.3 is 16.2 Å². The number of nitrogens with one attached hydrogen (secondary N) is 1. The zero-order valence-corrected chi connectivity index (χ0v) is 11.5. The molecule has 0 spiro atoms. The molecule has 0 saturated heterocycles. The number of carbonyl (C=O) groups is 2. The zero-order valence-electron chi connectivity index (χ0n) is 10.8. The smallest absolute Gasteiger partial charge is 0.335 e. The van der Waals surface area contributed by atoms with Crippen LogP contribution in [0.1, 0.15) is 16.1 Å². The van der Waals surface area contributed by atoms with Crippen LogP contribution in [0.25, 0.3) is 0 Å². The molecular formula is C12H12ClN5O3. The van der Waals surface area contributed by atoms with Gasteiger partial charge >= 0.3 is 5.97 Å². The summed E-state index contributed by atoms with van der Waals surface area (Å²) in [5.74, 6) is -1.51. The van der Waals surface area contributed by atoms with Crippen molar-refractivity contribution >= 4 is 29.2 Å². The van der Waals surface area contributed by atoms with E-state index in [-0.39, 0.29) is 29.6 Å². The third kappa shape index (κ3) is 4.01. The first-order valence-electron chi connectivity index (χ1n) is 5.90. The molecule has 0 aliphatic rings. The normalized spacial score (nSPS) is 10.4. The lowest BCUT2D eigenvalue weighted by Gasteiger charge is -2.06. The average molecular weight is 310 g/mol. The van der Waals surface area contributed by atoms with E-state index < -0.39 is 5.97 Å². The summed E-state index contributed by atoms with van der Waals surface area (Å²) in [5.41, 5.74) is 6.25. The summed E-state index contributed by atoms with van der Waals surface area (Å²) in [7, 11) is 0. The maximum absolute atomic E-state index is 11.9. The van der Waals surface area contributed by atoms with Gasteiger partial charge in [0.05, 0.1) is 17.5 Å². The second kappa shape index (κ2) is 6.33. The maximum atomic E-state index is 11.9. The first-order valence-corrected chi connectivity index (χ1v) is 6.28. The van der Waals surface area contributed by atoms with Gasteiger partial charge in [-0.1, -0.05) is 16.8 Å². The van der Waals surface area contributed by atoms with Crippen molar-refractivity contribution in [2.24, 2.45) is 5.73 Å². The molecule has 1 aromatic heterocycles. The summed E-state index contributed by atoms with van der Waals surface area (Å²) in [6.45, 7) is 0.166. The molecule has 110 valence electrons. The molecule has 0 saturated carbocycles. The van der Waals surface area contributed by atoms with E-state index in [2.05, 4.69) is 15.6 Å². The van der Waals surface area contributed by atoms with Gasteiger partial charge in [-0.3, -0.25) is 4.79 Å². The van der Waals surface area contributed by atoms with Gasteiger partial charge in [-0.15, -0.1) is 5.10 Å². The molecule has 8 nitrogen and oxygen atoms in total. The van der Waals surface area contributed by atoms with E-state index in [1.165, 1.54) is 22.9 Å². The molecule has 0 radical (unpaired) electrons. The molecule has 2 aromatic rings. The van der Waals surface area contributed by atoms with Gasteiger partial charge in [-0.2, -0.15) is 0 Å². The van der Waals surface area contributed by atoms with Crippen molar-refractivity contribution in [1.82, 2.24) is 15.0 Å². The van der Waals surface area contributed by atoms with Crippen molar-refractivity contribution in [3.05, 3.63) is 40.7 Å². The molecular weight excluding hydrogens is 298 g/mol. The largest absolute Gasteiger partial charge is 0.478 e. The minimum atomic E-state index is -1.13. The quantitative estimate of drug-likeness (QED) is 0.748. The number of benzene rings is 1. The Morgan fingerprint density at radius 2 is 2.14 bits per heavy atom. The van der Waals surface area contributed by atoms with Crippen LogP contribution < -0.4 is 11.1 Å². The second-order valence-corrected chi connectivity index (χ2v) is 4.63. The number of hydrogen-bond donors (Lipinski definition) is 3. The van der Waals surface area contributed by atoms with Crippen LogP contribution in [0.15, 0.2) is 24.4 Å². The summed E-state index contributed by atoms with van der Waals surface area (Å²) in [6, 6.07) is 4.07. The predicted molar refractivity (Wildman–Crippen MR) is 75.0 cm³/mol. The SMILES string of the molecule is NCc1cn(CC(=O)Nc2cc(Cl)cc(C(=O)O)c2)nn1. The summed E-state index contributed by atoms with van der Waals surface area (Å²) >= 11 is 5.80. The van der Waals surface area contributed by atoms with Gasteiger partial charge in [-0.05, 0) is 18.2 Å². The summed E-state index contributed by atoms with van der Waals surface area (Å²) in [4.78, 5) is 22.8. The van der Waals surface area contributed by atoms with E-state index in [4.69, 9.17) is 22.4 Å². The average Bonchev–Trinajstić information content (AvgIpc) is 2.85. The number of anilines is 1. The van der Waals surface area contributed by atoms with Crippen molar-refractivity contribution in [2.45, 2.75) is 13.1 Å². The number of carboxylic acids is 1. The summed E-state index contributed by atoms with van der Waals surface area (Å²) < 4.78 is 1.33. The molecule has 9 heteroatoms. The van der Waals surface area contributed by atoms with Crippen molar-refractivity contribution in [3.8, 4) is 0 Å². The summed E-state index contributed by atoms with van der Waals surface area (Å²) in [5, 5.41) is 19.2. The lowest BCUT2D eigenvalue weighted by Crippen LogP contribution is -2.19. The minimum Gasteiger partial charge on any atom is -0.478 e. The number of rotatable bonds is 5. The highest BCUT2D eigenvalue weighted by atomic mass is 35.5.